The van der Waals surface area contributed by atoms with E-state index in [1.54, 1.807) is 7.11 Å². The lowest BCUT2D eigenvalue weighted by molar-refractivity contribution is 0.224. The molecule has 0 aromatic heterocycles. The van der Waals surface area contributed by atoms with Crippen LogP contribution in [0.4, 0.5) is 0 Å². The highest BCUT2D eigenvalue weighted by molar-refractivity contribution is 7.01. The van der Waals surface area contributed by atoms with Crippen molar-refractivity contribution in [3.8, 4) is 0 Å². The van der Waals surface area contributed by atoms with Crippen LogP contribution in [0.25, 0.3) is 0 Å². The topological polar surface area (TPSA) is 18.5 Å². The van der Waals surface area contributed by atoms with Gasteiger partial charge in [0.1, 0.15) is 0 Å². The minimum atomic E-state index is -2.63. The third-order valence-corrected chi connectivity index (χ3v) is 8.19. The molecular formula is C23H28O2Si. The lowest BCUT2D eigenvalue weighted by Gasteiger charge is -2.33. The molecular weight excluding hydrogens is 336 g/mol. The Hall–Kier alpha value is -2.20. The summed E-state index contributed by atoms with van der Waals surface area (Å²) in [7, 11) is -0.910. The molecule has 0 bridgehead atoms. The molecule has 0 aliphatic rings. The van der Waals surface area contributed by atoms with E-state index in [4.69, 9.17) is 9.16 Å². The Morgan fingerprint density at radius 3 is 1.96 bits per heavy atom. The van der Waals surface area contributed by atoms with Crippen molar-refractivity contribution in [3.63, 3.8) is 0 Å². The lowest BCUT2D eigenvalue weighted by Crippen LogP contribution is -2.61. The van der Waals surface area contributed by atoms with E-state index in [9.17, 15) is 0 Å². The summed E-state index contributed by atoms with van der Waals surface area (Å²) in [5, 5.41) is 2.41. The van der Waals surface area contributed by atoms with E-state index in [2.05, 4.69) is 67.4 Å². The van der Waals surface area contributed by atoms with E-state index < -0.39 is 8.32 Å². The molecule has 0 spiro atoms. The van der Waals surface area contributed by atoms with E-state index in [-0.39, 0.29) is 6.10 Å². The van der Waals surface area contributed by atoms with Crippen LogP contribution in [0.1, 0.15) is 13.3 Å². The zero-order valence-corrected chi connectivity index (χ0v) is 16.7. The first-order chi connectivity index (χ1) is 12.7. The molecule has 0 fully saturated rings. The summed E-state index contributed by atoms with van der Waals surface area (Å²) in [6.45, 7) is 10.4. The zero-order valence-electron chi connectivity index (χ0n) is 15.7. The molecule has 0 N–H and O–H groups in total. The van der Waals surface area contributed by atoms with Crippen molar-refractivity contribution in [2.45, 2.75) is 19.4 Å². The van der Waals surface area contributed by atoms with Gasteiger partial charge in [-0.15, -0.1) is 13.2 Å². The van der Waals surface area contributed by atoms with Crippen LogP contribution in [0, 0.1) is 0 Å². The third-order valence-electron chi connectivity index (χ3n) is 4.25. The van der Waals surface area contributed by atoms with Crippen LogP contribution in [0.15, 0.2) is 97.2 Å². The van der Waals surface area contributed by atoms with Crippen molar-refractivity contribution in [2.24, 2.45) is 0 Å². The number of ether oxygens (including phenoxy) is 1. The third kappa shape index (κ3) is 4.91. The van der Waals surface area contributed by atoms with Crippen molar-refractivity contribution in [1.82, 2.24) is 0 Å². The predicted molar refractivity (Wildman–Crippen MR) is 113 cm³/mol. The molecule has 26 heavy (non-hydrogen) atoms. The van der Waals surface area contributed by atoms with Gasteiger partial charge in [-0.1, -0.05) is 78.5 Å². The van der Waals surface area contributed by atoms with E-state index in [1.807, 2.05) is 31.2 Å². The van der Waals surface area contributed by atoms with E-state index >= 15 is 0 Å². The summed E-state index contributed by atoms with van der Waals surface area (Å²) >= 11 is 0. The first-order valence-electron chi connectivity index (χ1n) is 8.88. The van der Waals surface area contributed by atoms with Crippen LogP contribution >= 0.6 is 0 Å². The number of hydrogen-bond acceptors (Lipinski definition) is 2. The number of rotatable bonds is 10. The van der Waals surface area contributed by atoms with Crippen molar-refractivity contribution in [2.75, 3.05) is 13.7 Å². The molecule has 0 saturated heterocycles. The number of hydrogen-bond donors (Lipinski definition) is 0. The summed E-state index contributed by atoms with van der Waals surface area (Å²) in [6.07, 6.45) is 4.47. The zero-order chi connectivity index (χ0) is 18.8. The maximum atomic E-state index is 6.74. The highest BCUT2D eigenvalue weighted by Gasteiger charge is 2.39. The average molecular weight is 365 g/mol. The number of methoxy groups -OCH3 is 1. The van der Waals surface area contributed by atoms with Gasteiger partial charge in [0.15, 0.2) is 0 Å². The molecule has 0 aliphatic carbocycles. The van der Waals surface area contributed by atoms with Crippen LogP contribution in [0.3, 0.4) is 0 Å². The van der Waals surface area contributed by atoms with Gasteiger partial charge in [-0.05, 0) is 29.3 Å². The van der Waals surface area contributed by atoms with E-state index in [0.717, 1.165) is 6.42 Å². The van der Waals surface area contributed by atoms with Crippen LogP contribution in [-0.2, 0) is 9.16 Å². The van der Waals surface area contributed by atoms with Gasteiger partial charge in [-0.3, -0.25) is 0 Å². The van der Waals surface area contributed by atoms with Crippen LogP contribution < -0.4 is 10.4 Å². The second-order valence-electron chi connectivity index (χ2n) is 6.25. The minimum Gasteiger partial charge on any atom is -0.398 e. The molecule has 0 amide bonds. The van der Waals surface area contributed by atoms with Crippen molar-refractivity contribution in [3.05, 3.63) is 97.2 Å². The summed E-state index contributed by atoms with van der Waals surface area (Å²) in [4.78, 5) is 0. The highest BCUT2D eigenvalue weighted by atomic mass is 28.4. The van der Waals surface area contributed by atoms with Gasteiger partial charge in [0.2, 0.25) is 0 Å². The van der Waals surface area contributed by atoms with Gasteiger partial charge >= 0.3 is 0 Å². The summed E-state index contributed by atoms with van der Waals surface area (Å²) in [5.74, 6) is 0. The fourth-order valence-corrected chi connectivity index (χ4v) is 6.87. The molecule has 0 radical (unpaired) electrons. The standard InChI is InChI=1S/C23H28O2Si/c1-5-13-21(18-24-4)19-26(25-20(3)6-2,22-14-9-7-10-15-22)23-16-11-8-12-17-23/h5-12,14-17,19-20H,1-2,13,18H2,3-4H3/b21-19+. The molecule has 136 valence electrons. The maximum Gasteiger partial charge on any atom is 0.281 e. The Kier molecular flexibility index (Phi) is 7.79. The summed E-state index contributed by atoms with van der Waals surface area (Å²) < 4.78 is 12.2. The van der Waals surface area contributed by atoms with Gasteiger partial charge in [0, 0.05) is 7.11 Å². The second kappa shape index (κ2) is 10.1. The molecule has 0 saturated carbocycles. The Morgan fingerprint density at radius 1 is 1.00 bits per heavy atom. The molecule has 2 nitrogen and oxygen atoms in total. The number of allylic oxidation sites excluding steroid dienone is 1. The van der Waals surface area contributed by atoms with Gasteiger partial charge in [0.25, 0.3) is 8.32 Å². The predicted octanol–water partition coefficient (Wildman–Crippen LogP) is 4.03. The molecule has 2 aromatic carbocycles. The smallest absolute Gasteiger partial charge is 0.281 e. The fraction of sp³-hybridized carbons (Fsp3) is 0.217. The summed E-state index contributed by atoms with van der Waals surface area (Å²) in [6, 6.07) is 21.0. The largest absolute Gasteiger partial charge is 0.398 e. The Balaban J connectivity index is 2.72. The normalized spacial score (nSPS) is 13.2. The summed E-state index contributed by atoms with van der Waals surface area (Å²) in [5.41, 5.74) is 3.49. The van der Waals surface area contributed by atoms with Crippen LogP contribution in [0.5, 0.6) is 0 Å². The minimum absolute atomic E-state index is 0.0640. The molecule has 1 atom stereocenters. The Labute approximate surface area is 158 Å². The maximum absolute atomic E-state index is 6.74. The first-order valence-corrected chi connectivity index (χ1v) is 10.9. The molecule has 3 heteroatoms. The van der Waals surface area contributed by atoms with Crippen LogP contribution in [0.2, 0.25) is 0 Å². The highest BCUT2D eigenvalue weighted by Crippen LogP contribution is 2.17. The second-order valence-corrected chi connectivity index (χ2v) is 9.41. The molecule has 0 aliphatic heterocycles. The molecule has 2 rings (SSSR count). The van der Waals surface area contributed by atoms with E-state index in [1.165, 1.54) is 15.9 Å². The fourth-order valence-electron chi connectivity index (χ4n) is 3.03. The first kappa shape index (κ1) is 20.1. The molecule has 1 unspecified atom stereocenters. The van der Waals surface area contributed by atoms with E-state index in [0.29, 0.717) is 6.61 Å². The van der Waals surface area contributed by atoms with Crippen LogP contribution in [-0.4, -0.2) is 28.1 Å². The number of benzene rings is 2. The molecule has 0 heterocycles. The monoisotopic (exact) mass is 364 g/mol. The Bertz CT molecular complexity index is 683. The quantitative estimate of drug-likeness (QED) is 0.468. The SMILES string of the molecule is C=CC/C(=C\[Si](OC(C)C=C)(c1ccccc1)c1ccccc1)COC. The van der Waals surface area contributed by atoms with Gasteiger partial charge < -0.3 is 9.16 Å². The van der Waals surface area contributed by atoms with Crippen molar-refractivity contribution < 1.29 is 9.16 Å². The van der Waals surface area contributed by atoms with Gasteiger partial charge in [0.05, 0.1) is 12.7 Å². The van der Waals surface area contributed by atoms with Crippen molar-refractivity contribution >= 4 is 18.7 Å². The lowest BCUT2D eigenvalue weighted by atomic mass is 10.2. The van der Waals surface area contributed by atoms with Gasteiger partial charge in [-0.2, -0.15) is 0 Å². The van der Waals surface area contributed by atoms with Crippen molar-refractivity contribution in [1.29, 1.82) is 0 Å². The average Bonchev–Trinajstić information content (AvgIpc) is 2.69. The molecule has 2 aromatic rings. The Morgan fingerprint density at radius 2 is 1.54 bits per heavy atom. The van der Waals surface area contributed by atoms with Gasteiger partial charge in [-0.25, -0.2) is 0 Å².